The van der Waals surface area contributed by atoms with Crippen LogP contribution in [0.5, 0.6) is 0 Å². The van der Waals surface area contributed by atoms with Gasteiger partial charge in [0, 0.05) is 23.0 Å². The monoisotopic (exact) mass is 673 g/mol. The minimum absolute atomic E-state index is 0.124. The van der Waals surface area contributed by atoms with Crippen molar-refractivity contribution in [3.63, 3.8) is 0 Å². The molecule has 11 nitrogen and oxygen atoms in total. The van der Waals surface area contributed by atoms with Gasteiger partial charge in [-0.1, -0.05) is 80.5 Å². The highest BCUT2D eigenvalue weighted by atomic mass is 35.5. The molecule has 254 valence electrons. The van der Waals surface area contributed by atoms with Crippen LogP contribution in [0, 0.1) is 24.5 Å². The Bertz CT molecular complexity index is 1570. The number of nitrogens with one attached hydrogen (secondary N) is 3. The van der Waals surface area contributed by atoms with Crippen molar-refractivity contribution in [2.75, 3.05) is 19.0 Å². The molecule has 0 aliphatic heterocycles. The quantitative estimate of drug-likeness (QED) is 0.0655. The highest BCUT2D eigenvalue weighted by Crippen LogP contribution is 2.35. The number of nitrogens with zero attached hydrogens (tertiary/aromatic N) is 3. The number of carbonyl (C=O) groups excluding carboxylic acids is 2. The van der Waals surface area contributed by atoms with Gasteiger partial charge in [-0.25, -0.2) is 21.2 Å². The second kappa shape index (κ2) is 22.5. The number of hydrogen-bond donors (Lipinski definition) is 4. The molecule has 1 heterocycles. The van der Waals surface area contributed by atoms with Gasteiger partial charge in [-0.3, -0.25) is 10.2 Å². The van der Waals surface area contributed by atoms with Crippen molar-refractivity contribution in [1.82, 2.24) is 9.97 Å². The van der Waals surface area contributed by atoms with E-state index in [0.29, 0.717) is 29.0 Å². The van der Waals surface area contributed by atoms with E-state index >= 15 is 0 Å². The molecule has 12 heteroatoms. The normalized spacial score (nSPS) is 14.0. The Morgan fingerprint density at radius 2 is 1.65 bits per heavy atom. The third-order valence-electron chi connectivity index (χ3n) is 7.65. The van der Waals surface area contributed by atoms with E-state index in [2.05, 4.69) is 29.7 Å². The summed E-state index contributed by atoms with van der Waals surface area (Å²) < 4.78 is 4.14. The summed E-state index contributed by atoms with van der Waals surface area (Å²) in [5, 5.41) is 10.7. The Hall–Kier alpha value is -5.00. The van der Waals surface area contributed by atoms with Gasteiger partial charge in [0.05, 0.1) is 25.2 Å². The lowest BCUT2D eigenvalue weighted by molar-refractivity contribution is -0.138. The summed E-state index contributed by atoms with van der Waals surface area (Å²) in [6.07, 6.45) is 13.2. The number of aldehydes is 1. The number of hydrogen-bond acceptors (Lipinski definition) is 7. The van der Waals surface area contributed by atoms with Crippen molar-refractivity contribution in [1.29, 1.82) is 5.41 Å². The predicted molar refractivity (Wildman–Crippen MR) is 190 cm³/mol. The van der Waals surface area contributed by atoms with E-state index in [1.807, 2.05) is 42.5 Å². The number of aromatic nitrogens is 2. The number of esters is 1. The maximum absolute atomic E-state index is 12.2. The largest absolute Gasteiger partial charge is 0.464 e. The average molecular weight is 674 g/mol. The van der Waals surface area contributed by atoms with Crippen molar-refractivity contribution in [2.45, 2.75) is 76.5 Å². The molecule has 0 amide bonds. The molecule has 0 spiro atoms. The molecule has 0 saturated heterocycles. The van der Waals surface area contributed by atoms with Crippen molar-refractivity contribution in [3.8, 4) is 0 Å². The molecular weight excluding hydrogens is 630 g/mol. The summed E-state index contributed by atoms with van der Waals surface area (Å²) >= 11 is 5.87. The lowest BCUT2D eigenvalue weighted by Gasteiger charge is -2.22. The number of benzene rings is 2. The number of methoxy groups -OCH3 is 1. The molecule has 2 saturated carbocycles. The van der Waals surface area contributed by atoms with Crippen LogP contribution in [0.1, 0.15) is 81.4 Å². The van der Waals surface area contributed by atoms with E-state index in [1.165, 1.54) is 32.8 Å². The van der Waals surface area contributed by atoms with Crippen molar-refractivity contribution in [2.24, 2.45) is 11.7 Å². The fourth-order valence-corrected chi connectivity index (χ4v) is 5.32. The predicted octanol–water partition coefficient (Wildman–Crippen LogP) is 7.77. The highest BCUT2D eigenvalue weighted by Gasteiger charge is 2.23. The standard InChI is InChI=1S/C17H17ClN4O.C8H10N2.C7H12O.C4H5NO2/c1-19-15-14(11-5-3-2-4-6-11)21-17(22-16(15)23)20-13-9-7-12(18)8-10-13;9-8(10)6-7-4-2-1-3-5-7;8-6-7-4-2-1-3-5-7;1-5-3-4(6)7-2/h7-11H,2-6H2,(H2,20,21,22,23);1-5H,6H2,(H3,9,10);6-7H,1-5H2;3H2,2H3. The smallest absolute Gasteiger partial charge is 0.386 e. The van der Waals surface area contributed by atoms with Crippen LogP contribution in [-0.2, 0) is 20.7 Å². The van der Waals surface area contributed by atoms with Crippen LogP contribution >= 0.6 is 11.6 Å². The molecular formula is C36H44ClN7O4. The minimum Gasteiger partial charge on any atom is -0.464 e. The van der Waals surface area contributed by atoms with Gasteiger partial charge in [-0.2, -0.15) is 0 Å². The van der Waals surface area contributed by atoms with Crippen LogP contribution in [0.2, 0.25) is 5.02 Å². The first-order valence-corrected chi connectivity index (χ1v) is 16.3. The van der Waals surface area contributed by atoms with Gasteiger partial charge in [-0.05, 0) is 61.4 Å². The van der Waals surface area contributed by atoms with Gasteiger partial charge >= 0.3 is 12.5 Å². The van der Waals surface area contributed by atoms with E-state index in [0.717, 1.165) is 56.1 Å². The summed E-state index contributed by atoms with van der Waals surface area (Å²) in [5.74, 6) is 0.705. The van der Waals surface area contributed by atoms with E-state index in [1.54, 1.807) is 12.1 Å². The van der Waals surface area contributed by atoms with Gasteiger partial charge in [0.2, 0.25) is 5.95 Å². The zero-order valence-electron chi connectivity index (χ0n) is 27.3. The van der Waals surface area contributed by atoms with Crippen LogP contribution in [0.3, 0.4) is 0 Å². The van der Waals surface area contributed by atoms with Gasteiger partial charge in [0.25, 0.3) is 11.2 Å². The third-order valence-corrected chi connectivity index (χ3v) is 7.90. The molecule has 2 aliphatic carbocycles. The Labute approximate surface area is 287 Å². The van der Waals surface area contributed by atoms with Crippen molar-refractivity contribution < 1.29 is 14.3 Å². The zero-order valence-corrected chi connectivity index (χ0v) is 28.1. The van der Waals surface area contributed by atoms with Gasteiger partial charge in [0.15, 0.2) is 0 Å². The first-order valence-electron chi connectivity index (χ1n) is 16.0. The number of carbonyl (C=O) groups is 2. The number of H-pyrrole nitrogens is 1. The van der Waals surface area contributed by atoms with Gasteiger partial charge < -0.3 is 30.4 Å². The van der Waals surface area contributed by atoms with E-state index < -0.39 is 5.97 Å². The summed E-state index contributed by atoms with van der Waals surface area (Å²) in [6.45, 7) is 13.3. The van der Waals surface area contributed by atoms with Crippen LogP contribution in [0.25, 0.3) is 9.69 Å². The molecule has 5 N–H and O–H groups in total. The highest BCUT2D eigenvalue weighted by molar-refractivity contribution is 6.30. The van der Waals surface area contributed by atoms with Gasteiger partial charge in [0.1, 0.15) is 6.29 Å². The van der Waals surface area contributed by atoms with Crippen LogP contribution in [-0.4, -0.2) is 41.7 Å². The van der Waals surface area contributed by atoms with E-state index in [4.69, 9.17) is 35.9 Å². The second-order valence-electron chi connectivity index (χ2n) is 11.3. The van der Waals surface area contributed by atoms with Crippen LogP contribution in [0.4, 0.5) is 17.3 Å². The Morgan fingerprint density at radius 3 is 2.12 bits per heavy atom. The number of rotatable bonds is 7. The molecule has 0 radical (unpaired) electrons. The van der Waals surface area contributed by atoms with Crippen molar-refractivity contribution >= 4 is 47.0 Å². The topological polar surface area (TPSA) is 160 Å². The zero-order chi connectivity index (χ0) is 35.1. The molecule has 5 rings (SSSR count). The fourth-order valence-electron chi connectivity index (χ4n) is 5.20. The Morgan fingerprint density at radius 1 is 1.04 bits per heavy atom. The number of anilines is 2. The Balaban J connectivity index is 0.000000263. The maximum Gasteiger partial charge on any atom is 0.386 e. The van der Waals surface area contributed by atoms with Gasteiger partial charge in [-0.15, -0.1) is 0 Å². The summed E-state index contributed by atoms with van der Waals surface area (Å²) in [7, 11) is 1.26. The molecule has 0 unspecified atom stereocenters. The molecule has 2 fully saturated rings. The second-order valence-corrected chi connectivity index (χ2v) is 11.8. The summed E-state index contributed by atoms with van der Waals surface area (Å²) in [5.41, 5.74) is 7.45. The van der Waals surface area contributed by atoms with Crippen LogP contribution in [0.15, 0.2) is 59.4 Å². The third kappa shape index (κ3) is 15.1. The molecule has 0 bridgehead atoms. The summed E-state index contributed by atoms with van der Waals surface area (Å²) in [4.78, 5) is 45.7. The molecule has 48 heavy (non-hydrogen) atoms. The van der Waals surface area contributed by atoms with Crippen molar-refractivity contribution in [3.05, 3.63) is 104 Å². The molecule has 0 atom stereocenters. The fraction of sp³-hybridized carbons (Fsp3) is 0.417. The maximum atomic E-state index is 12.2. The average Bonchev–Trinajstić information content (AvgIpc) is 3.11. The number of ether oxygens (including phenoxy) is 1. The first-order chi connectivity index (χ1) is 23.2. The summed E-state index contributed by atoms with van der Waals surface area (Å²) in [6, 6.07) is 16.9. The van der Waals surface area contributed by atoms with E-state index in [9.17, 15) is 14.4 Å². The minimum atomic E-state index is -0.477. The van der Waals surface area contributed by atoms with Crippen LogP contribution < -0.4 is 16.6 Å². The molecule has 3 aromatic rings. The van der Waals surface area contributed by atoms with E-state index in [-0.39, 0.29) is 29.5 Å². The first kappa shape index (κ1) is 39.2. The lowest BCUT2D eigenvalue weighted by Crippen LogP contribution is -2.16. The number of nitrogens with two attached hydrogens (primary N) is 1. The number of halogens is 1. The Kier molecular flexibility index (Phi) is 18.4. The lowest BCUT2D eigenvalue weighted by atomic mass is 9.86. The molecule has 1 aromatic heterocycles. The molecule has 2 aromatic carbocycles. The SMILES string of the molecule is N=C(N)Cc1ccccc1.O=CC1CCCCC1.[C-]#[N+]CC(=O)OC.[C-]#[N+]c1c(C2CCCCC2)nc(Nc2ccc(Cl)cc2)[nH]c1=O. The number of amidine groups is 1. The number of aromatic amines is 1. The molecule has 2 aliphatic rings.